The molecule has 0 saturated carbocycles. The van der Waals surface area contributed by atoms with Crippen molar-refractivity contribution in [2.75, 3.05) is 33.6 Å². The topological polar surface area (TPSA) is 40.2 Å². The molecule has 5 nitrogen and oxygen atoms in total. The molecule has 158 valence electrons. The van der Waals surface area contributed by atoms with Gasteiger partial charge in [0.2, 0.25) is 6.79 Å². The average molecular weight is 415 g/mol. The molecule has 0 aromatic heterocycles. The van der Waals surface area contributed by atoms with Crippen molar-refractivity contribution in [2.24, 2.45) is 0 Å². The maximum atomic E-state index is 6.37. The van der Waals surface area contributed by atoms with E-state index in [1.807, 2.05) is 18.2 Å². The van der Waals surface area contributed by atoms with E-state index in [9.17, 15) is 0 Å². The molecule has 2 atom stereocenters. The molecule has 0 unspecified atom stereocenters. The van der Waals surface area contributed by atoms with E-state index in [2.05, 4.69) is 53.4 Å². The predicted molar refractivity (Wildman–Crippen MR) is 117 cm³/mol. The summed E-state index contributed by atoms with van der Waals surface area (Å²) in [5, 5.41) is 0. The van der Waals surface area contributed by atoms with E-state index in [1.54, 1.807) is 7.11 Å². The molecule has 3 aromatic carbocycles. The van der Waals surface area contributed by atoms with Gasteiger partial charge >= 0.3 is 0 Å². The highest BCUT2D eigenvalue weighted by Gasteiger charge is 2.57. The molecule has 2 aliphatic heterocycles. The smallest absolute Gasteiger partial charge is 0.231 e. The van der Waals surface area contributed by atoms with Crippen molar-refractivity contribution in [3.63, 3.8) is 0 Å². The summed E-state index contributed by atoms with van der Waals surface area (Å²) in [6.07, 6.45) is 0. The van der Waals surface area contributed by atoms with Crippen LogP contribution in [0, 0.1) is 0 Å². The Balaban J connectivity index is 1.27. The highest BCUT2D eigenvalue weighted by molar-refractivity contribution is 5.56. The number of benzene rings is 3. The van der Waals surface area contributed by atoms with Crippen LogP contribution in [-0.2, 0) is 12.0 Å². The van der Waals surface area contributed by atoms with Crippen LogP contribution in [0.3, 0.4) is 0 Å². The molecule has 6 rings (SSSR count). The monoisotopic (exact) mass is 415 g/mol. The van der Waals surface area contributed by atoms with Crippen LogP contribution in [0.15, 0.2) is 66.7 Å². The highest BCUT2D eigenvalue weighted by atomic mass is 16.7. The van der Waals surface area contributed by atoms with Gasteiger partial charge in [0.15, 0.2) is 11.5 Å². The van der Waals surface area contributed by atoms with Crippen LogP contribution in [0.1, 0.15) is 22.6 Å². The SMILES string of the molecule is COc1ccc2c(c1)[C@@]1(COc3ccc4c(c3)OCO4)CN(Cc3ccccc3)C[C@@H]21. The van der Waals surface area contributed by atoms with Crippen molar-refractivity contribution in [3.05, 3.63) is 83.4 Å². The van der Waals surface area contributed by atoms with Gasteiger partial charge in [-0.25, -0.2) is 0 Å². The Morgan fingerprint density at radius 1 is 0.968 bits per heavy atom. The Kier molecular flexibility index (Phi) is 4.32. The van der Waals surface area contributed by atoms with Crippen molar-refractivity contribution >= 4 is 0 Å². The summed E-state index contributed by atoms with van der Waals surface area (Å²) in [6, 6.07) is 23.0. The number of methoxy groups -OCH3 is 1. The Morgan fingerprint density at radius 2 is 1.81 bits per heavy atom. The maximum Gasteiger partial charge on any atom is 0.231 e. The molecule has 1 aliphatic carbocycles. The lowest BCUT2D eigenvalue weighted by molar-refractivity contribution is 0.172. The zero-order valence-corrected chi connectivity index (χ0v) is 17.5. The fourth-order valence-corrected chi connectivity index (χ4v) is 5.36. The lowest BCUT2D eigenvalue weighted by atomic mass is 9.58. The molecule has 0 spiro atoms. The van der Waals surface area contributed by atoms with Gasteiger partial charge in [-0.15, -0.1) is 0 Å². The number of rotatable bonds is 6. The minimum atomic E-state index is -0.0327. The molecule has 3 aromatic rings. The lowest BCUT2D eigenvalue weighted by Crippen LogP contribution is -2.48. The normalized spacial score (nSPS) is 23.1. The molecule has 0 bridgehead atoms. The molecule has 0 amide bonds. The largest absolute Gasteiger partial charge is 0.497 e. The third kappa shape index (κ3) is 3.03. The summed E-state index contributed by atoms with van der Waals surface area (Å²) >= 11 is 0. The minimum absolute atomic E-state index is 0.0327. The van der Waals surface area contributed by atoms with Crippen molar-refractivity contribution in [2.45, 2.75) is 17.9 Å². The summed E-state index contributed by atoms with van der Waals surface area (Å²) in [5.74, 6) is 3.71. The number of fused-ring (bicyclic) bond motifs is 5. The van der Waals surface area contributed by atoms with E-state index in [0.717, 1.165) is 42.6 Å². The van der Waals surface area contributed by atoms with Crippen LogP contribution < -0.4 is 18.9 Å². The van der Waals surface area contributed by atoms with Gasteiger partial charge < -0.3 is 18.9 Å². The summed E-state index contributed by atoms with van der Waals surface area (Å²) in [6.45, 7) is 3.86. The van der Waals surface area contributed by atoms with Crippen LogP contribution >= 0.6 is 0 Å². The summed E-state index contributed by atoms with van der Waals surface area (Å²) in [7, 11) is 1.73. The second kappa shape index (κ2) is 7.20. The first-order chi connectivity index (χ1) is 15.2. The van der Waals surface area contributed by atoms with Gasteiger partial charge in [-0.3, -0.25) is 4.90 Å². The maximum absolute atomic E-state index is 6.37. The van der Waals surface area contributed by atoms with Crippen LogP contribution in [0.5, 0.6) is 23.0 Å². The quantitative estimate of drug-likeness (QED) is 0.599. The minimum Gasteiger partial charge on any atom is -0.497 e. The fourth-order valence-electron chi connectivity index (χ4n) is 5.36. The van der Waals surface area contributed by atoms with Gasteiger partial charge in [-0.2, -0.15) is 0 Å². The molecule has 31 heavy (non-hydrogen) atoms. The van der Waals surface area contributed by atoms with E-state index in [0.29, 0.717) is 12.5 Å². The van der Waals surface area contributed by atoms with Gasteiger partial charge in [0.25, 0.3) is 0 Å². The predicted octanol–water partition coefficient (Wildman–Crippen LogP) is 4.35. The van der Waals surface area contributed by atoms with E-state index in [-0.39, 0.29) is 12.2 Å². The Bertz CT molecular complexity index is 1120. The van der Waals surface area contributed by atoms with Gasteiger partial charge in [0, 0.05) is 31.6 Å². The number of nitrogens with zero attached hydrogens (tertiary/aromatic N) is 1. The molecule has 3 aliphatic rings. The molecule has 5 heteroatoms. The van der Waals surface area contributed by atoms with Crippen LogP contribution in [0.2, 0.25) is 0 Å². The van der Waals surface area contributed by atoms with E-state index < -0.39 is 0 Å². The van der Waals surface area contributed by atoms with E-state index >= 15 is 0 Å². The third-order valence-corrected chi connectivity index (χ3v) is 6.88. The van der Waals surface area contributed by atoms with Crippen molar-refractivity contribution < 1.29 is 18.9 Å². The van der Waals surface area contributed by atoms with Crippen molar-refractivity contribution in [1.82, 2.24) is 4.90 Å². The number of ether oxygens (including phenoxy) is 4. The van der Waals surface area contributed by atoms with E-state index in [1.165, 1.54) is 16.7 Å². The lowest BCUT2D eigenvalue weighted by Gasteiger charge is -2.46. The second-order valence-electron chi connectivity index (χ2n) is 8.62. The number of hydrogen-bond donors (Lipinski definition) is 0. The summed E-state index contributed by atoms with van der Waals surface area (Å²) in [4.78, 5) is 2.55. The zero-order valence-electron chi connectivity index (χ0n) is 17.5. The van der Waals surface area contributed by atoms with Crippen LogP contribution in [0.25, 0.3) is 0 Å². The van der Waals surface area contributed by atoms with E-state index in [4.69, 9.17) is 18.9 Å². The fraction of sp³-hybridized carbons (Fsp3) is 0.308. The van der Waals surface area contributed by atoms with Crippen molar-refractivity contribution in [3.8, 4) is 23.0 Å². The summed E-state index contributed by atoms with van der Waals surface area (Å²) in [5.41, 5.74) is 4.09. The van der Waals surface area contributed by atoms with Crippen LogP contribution in [0.4, 0.5) is 0 Å². The third-order valence-electron chi connectivity index (χ3n) is 6.88. The first-order valence-corrected chi connectivity index (χ1v) is 10.7. The molecular formula is C26H25NO4. The van der Waals surface area contributed by atoms with Gasteiger partial charge in [-0.1, -0.05) is 36.4 Å². The number of likely N-dealkylation sites (tertiary alicyclic amines) is 1. The number of hydrogen-bond acceptors (Lipinski definition) is 5. The standard InChI is InChI=1S/C26H25NO4/c1-28-19-7-9-21-22(11-19)26(16-29-20-8-10-24-25(12-20)31-17-30-24)15-27(14-23(21)26)13-18-5-3-2-4-6-18/h2-12,23H,13-17H2,1H3/t23-,26-/m0/s1. The van der Waals surface area contributed by atoms with Crippen molar-refractivity contribution in [1.29, 1.82) is 0 Å². The zero-order chi connectivity index (χ0) is 20.8. The first-order valence-electron chi connectivity index (χ1n) is 10.7. The molecule has 0 radical (unpaired) electrons. The van der Waals surface area contributed by atoms with Crippen LogP contribution in [-0.4, -0.2) is 38.5 Å². The van der Waals surface area contributed by atoms with Gasteiger partial charge in [0.1, 0.15) is 11.5 Å². The molecule has 2 heterocycles. The Morgan fingerprint density at radius 3 is 2.68 bits per heavy atom. The second-order valence-corrected chi connectivity index (χ2v) is 8.62. The molecule has 1 fully saturated rings. The van der Waals surface area contributed by atoms with Gasteiger partial charge in [0.05, 0.1) is 19.1 Å². The Hall–Kier alpha value is -3.18. The molecular weight excluding hydrogens is 390 g/mol. The highest BCUT2D eigenvalue weighted by Crippen LogP contribution is 2.57. The first kappa shape index (κ1) is 18.6. The Labute approximate surface area is 182 Å². The van der Waals surface area contributed by atoms with Gasteiger partial charge in [-0.05, 0) is 41.0 Å². The summed E-state index contributed by atoms with van der Waals surface area (Å²) < 4.78 is 22.8. The molecule has 0 N–H and O–H groups in total. The average Bonchev–Trinajstić information content (AvgIpc) is 3.39. The molecule has 1 saturated heterocycles.